The maximum atomic E-state index is 13.4. The number of urea groups is 2. The molecular formula is C35H59N13O9S. The fourth-order valence-corrected chi connectivity index (χ4v) is 5.30. The smallest absolute Gasteiger partial charge is 0.326 e. The number of nitrogens with two attached hydrogens (primary N) is 2. The summed E-state index contributed by atoms with van der Waals surface area (Å²) in [6.07, 6.45) is 2.38. The SMILES string of the molecule is N=C(N)NCCCC(NC(=O)Cc1ccc(CNC(=O)NCCCCCNC(=O)N[C@@H](CCC(=O)O)C(=O)O)cc1)C(=O)N[C@@H](CCCNC(=N)N)C(=O)NCCS. The van der Waals surface area contributed by atoms with Crippen LogP contribution in [-0.4, -0.2) is 120 Å². The van der Waals surface area contributed by atoms with Gasteiger partial charge in [0, 0.05) is 51.4 Å². The fraction of sp³-hybridized carbons (Fsp3) is 0.571. The number of guanidine groups is 2. The number of benzene rings is 1. The van der Waals surface area contributed by atoms with E-state index in [0.29, 0.717) is 56.5 Å². The number of rotatable bonds is 29. The topological polar surface area (TPSA) is 368 Å². The molecule has 23 heteroatoms. The number of hydrogen-bond acceptors (Lipinski definition) is 10. The van der Waals surface area contributed by atoms with E-state index in [1.54, 1.807) is 24.3 Å². The van der Waals surface area contributed by atoms with Crippen LogP contribution >= 0.6 is 12.6 Å². The number of carbonyl (C=O) groups excluding carboxylic acids is 5. The quantitative estimate of drug-likeness (QED) is 0.0187. The van der Waals surface area contributed by atoms with Crippen molar-refractivity contribution in [1.82, 2.24) is 47.9 Å². The first-order chi connectivity index (χ1) is 27.6. The average molecular weight is 838 g/mol. The summed E-state index contributed by atoms with van der Waals surface area (Å²) in [5.74, 6) is -3.97. The lowest BCUT2D eigenvalue weighted by Crippen LogP contribution is -2.54. The van der Waals surface area contributed by atoms with Gasteiger partial charge in [0.2, 0.25) is 17.7 Å². The van der Waals surface area contributed by atoms with Gasteiger partial charge in [-0.05, 0) is 62.5 Å². The van der Waals surface area contributed by atoms with E-state index < -0.39 is 60.2 Å². The molecule has 22 nitrogen and oxygen atoms in total. The molecule has 0 spiro atoms. The van der Waals surface area contributed by atoms with Crippen molar-refractivity contribution in [3.8, 4) is 0 Å². The molecule has 7 amide bonds. The molecule has 0 aliphatic heterocycles. The maximum absolute atomic E-state index is 13.4. The van der Waals surface area contributed by atoms with Crippen molar-refractivity contribution in [2.75, 3.05) is 38.5 Å². The number of aliphatic carboxylic acids is 2. The third-order valence-corrected chi connectivity index (χ3v) is 8.41. The van der Waals surface area contributed by atoms with E-state index in [9.17, 15) is 33.6 Å². The summed E-state index contributed by atoms with van der Waals surface area (Å²) in [5.41, 5.74) is 12.1. The first-order valence-electron chi connectivity index (χ1n) is 18.8. The summed E-state index contributed by atoms with van der Waals surface area (Å²) < 4.78 is 0. The van der Waals surface area contributed by atoms with Gasteiger partial charge in [0.15, 0.2) is 11.9 Å². The number of carboxylic acids is 2. The molecule has 17 N–H and O–H groups in total. The Labute approximate surface area is 342 Å². The fourth-order valence-electron chi connectivity index (χ4n) is 5.19. The van der Waals surface area contributed by atoms with Gasteiger partial charge in [0.05, 0.1) is 6.42 Å². The van der Waals surface area contributed by atoms with E-state index in [2.05, 4.69) is 60.5 Å². The highest BCUT2D eigenvalue weighted by atomic mass is 32.1. The Balaban J connectivity index is 2.58. The average Bonchev–Trinajstić information content (AvgIpc) is 3.16. The summed E-state index contributed by atoms with van der Waals surface area (Å²) in [6.45, 7) is 1.73. The zero-order chi connectivity index (χ0) is 43.3. The zero-order valence-electron chi connectivity index (χ0n) is 32.4. The van der Waals surface area contributed by atoms with E-state index in [-0.39, 0.29) is 69.8 Å². The number of hydrogen-bond donors (Lipinski definition) is 16. The van der Waals surface area contributed by atoms with Crippen LogP contribution in [-0.2, 0) is 36.9 Å². The number of thiol groups is 1. The number of carboxylic acid groups (broad SMARTS) is 2. The molecule has 0 radical (unpaired) electrons. The van der Waals surface area contributed by atoms with Crippen molar-refractivity contribution in [2.45, 2.75) is 88.9 Å². The largest absolute Gasteiger partial charge is 0.481 e. The van der Waals surface area contributed by atoms with Gasteiger partial charge < -0.3 is 69.5 Å². The molecule has 3 atom stereocenters. The van der Waals surface area contributed by atoms with Gasteiger partial charge in [-0.1, -0.05) is 24.3 Å². The number of nitrogens with one attached hydrogen (secondary N) is 11. The normalized spacial score (nSPS) is 12.0. The van der Waals surface area contributed by atoms with Gasteiger partial charge in [-0.15, -0.1) is 0 Å². The molecule has 324 valence electrons. The van der Waals surface area contributed by atoms with Crippen molar-refractivity contribution in [2.24, 2.45) is 11.5 Å². The molecule has 0 fully saturated rings. The second-order valence-corrected chi connectivity index (χ2v) is 13.5. The van der Waals surface area contributed by atoms with Crippen LogP contribution in [0.1, 0.15) is 68.9 Å². The lowest BCUT2D eigenvalue weighted by molar-refractivity contribution is -0.140. The second-order valence-electron chi connectivity index (χ2n) is 13.0. The minimum absolute atomic E-state index is 0.0535. The predicted octanol–water partition coefficient (Wildman–Crippen LogP) is -1.64. The van der Waals surface area contributed by atoms with Gasteiger partial charge >= 0.3 is 24.0 Å². The molecule has 1 rings (SSSR count). The summed E-state index contributed by atoms with van der Waals surface area (Å²) >= 11 is 4.11. The van der Waals surface area contributed by atoms with Crippen molar-refractivity contribution < 1.29 is 43.8 Å². The lowest BCUT2D eigenvalue weighted by Gasteiger charge is -2.23. The maximum Gasteiger partial charge on any atom is 0.326 e. The minimum Gasteiger partial charge on any atom is -0.481 e. The second kappa shape index (κ2) is 29.3. The number of unbranched alkanes of at least 4 members (excludes halogenated alkanes) is 2. The van der Waals surface area contributed by atoms with Crippen LogP contribution in [0, 0.1) is 10.8 Å². The number of carbonyl (C=O) groups is 7. The van der Waals surface area contributed by atoms with E-state index in [1.807, 2.05) is 0 Å². The molecule has 0 heterocycles. The lowest BCUT2D eigenvalue weighted by atomic mass is 10.1. The van der Waals surface area contributed by atoms with Crippen LogP contribution in [0.2, 0.25) is 0 Å². The van der Waals surface area contributed by atoms with E-state index in [1.165, 1.54) is 0 Å². The van der Waals surface area contributed by atoms with Crippen LogP contribution in [0.25, 0.3) is 0 Å². The van der Waals surface area contributed by atoms with Crippen molar-refractivity contribution in [3.05, 3.63) is 35.4 Å². The summed E-state index contributed by atoms with van der Waals surface area (Å²) in [5, 5.41) is 56.2. The zero-order valence-corrected chi connectivity index (χ0v) is 33.3. The molecule has 0 saturated heterocycles. The van der Waals surface area contributed by atoms with E-state index in [0.717, 1.165) is 5.56 Å². The van der Waals surface area contributed by atoms with Crippen LogP contribution < -0.4 is 59.3 Å². The Morgan fingerprint density at radius 1 is 0.586 bits per heavy atom. The van der Waals surface area contributed by atoms with Crippen LogP contribution in [0.15, 0.2) is 24.3 Å². The molecule has 1 unspecified atom stereocenters. The van der Waals surface area contributed by atoms with E-state index >= 15 is 0 Å². The Kier molecular flexibility index (Phi) is 25.2. The summed E-state index contributed by atoms with van der Waals surface area (Å²) in [7, 11) is 0. The Hall–Kier alpha value is -6.00. The summed E-state index contributed by atoms with van der Waals surface area (Å²) in [4.78, 5) is 85.4. The van der Waals surface area contributed by atoms with Crippen molar-refractivity contribution >= 4 is 66.3 Å². The first kappa shape index (κ1) is 50.0. The highest BCUT2D eigenvalue weighted by Gasteiger charge is 2.27. The Morgan fingerprint density at radius 3 is 1.66 bits per heavy atom. The van der Waals surface area contributed by atoms with Crippen molar-refractivity contribution in [1.29, 1.82) is 10.8 Å². The first-order valence-corrected chi connectivity index (χ1v) is 19.5. The van der Waals surface area contributed by atoms with Gasteiger partial charge in [0.1, 0.15) is 18.1 Å². The van der Waals surface area contributed by atoms with Crippen LogP contribution in [0.3, 0.4) is 0 Å². The van der Waals surface area contributed by atoms with Gasteiger partial charge in [-0.2, -0.15) is 12.6 Å². The highest BCUT2D eigenvalue weighted by Crippen LogP contribution is 2.08. The Bertz CT molecular complexity index is 1520. The van der Waals surface area contributed by atoms with Crippen molar-refractivity contribution in [3.63, 3.8) is 0 Å². The Morgan fingerprint density at radius 2 is 1.12 bits per heavy atom. The molecule has 0 aliphatic rings. The molecule has 0 aliphatic carbocycles. The predicted molar refractivity (Wildman–Crippen MR) is 218 cm³/mol. The molecule has 0 bridgehead atoms. The molecule has 58 heavy (non-hydrogen) atoms. The third-order valence-electron chi connectivity index (χ3n) is 8.18. The molecule has 1 aromatic rings. The molecular weight excluding hydrogens is 779 g/mol. The van der Waals surface area contributed by atoms with Crippen LogP contribution in [0.4, 0.5) is 9.59 Å². The van der Waals surface area contributed by atoms with E-state index in [4.69, 9.17) is 32.5 Å². The van der Waals surface area contributed by atoms with Gasteiger partial charge in [-0.3, -0.25) is 30.0 Å². The van der Waals surface area contributed by atoms with Gasteiger partial charge in [-0.25, -0.2) is 14.4 Å². The monoisotopic (exact) mass is 837 g/mol. The summed E-state index contributed by atoms with van der Waals surface area (Å²) in [6, 6.07) is 2.63. The van der Waals surface area contributed by atoms with Crippen LogP contribution in [0.5, 0.6) is 0 Å². The molecule has 0 saturated carbocycles. The number of amides is 7. The molecule has 1 aromatic carbocycles. The third kappa shape index (κ3) is 24.5. The van der Waals surface area contributed by atoms with Gasteiger partial charge in [0.25, 0.3) is 0 Å². The minimum atomic E-state index is -1.33. The molecule has 0 aromatic heterocycles. The standard InChI is InChI=1S/C35H59N13O9S/c36-32(37)41-16-4-6-24(29(52)40-18-19-58)47-30(53)25(7-5-17-42-33(38)39)46-27(49)20-22-8-10-23(11-9-22)21-45-34(56)43-14-2-1-3-15-44-35(57)48-26(31(54)55)12-13-28(50)51/h8-11,24-26,58H,1-7,12-21H2,(H,40,52)(H,46,49)(H,47,53)(H,50,51)(H,54,55)(H4,36,37,41)(H4,38,39,42)(H2,43,45,56)(H2,44,48,57)/t24-,25?,26-/m0/s1. The highest BCUT2D eigenvalue weighted by molar-refractivity contribution is 7.80.